The Morgan fingerprint density at radius 2 is 2.19 bits per heavy atom. The Morgan fingerprint density at radius 3 is 2.81 bits per heavy atom. The van der Waals surface area contributed by atoms with Gasteiger partial charge in [0.15, 0.2) is 6.29 Å². The minimum Gasteiger partial charge on any atom is -0.377 e. The lowest BCUT2D eigenvalue weighted by Gasteiger charge is -2.46. The normalized spacial score (nSPS) is 43.1. The van der Waals surface area contributed by atoms with Gasteiger partial charge in [0, 0.05) is 5.57 Å². The summed E-state index contributed by atoms with van der Waals surface area (Å²) >= 11 is 0. The van der Waals surface area contributed by atoms with Crippen molar-refractivity contribution in [1.82, 2.24) is 0 Å². The van der Waals surface area contributed by atoms with Gasteiger partial charge in [-0.1, -0.05) is 25.8 Å². The van der Waals surface area contributed by atoms with Crippen LogP contribution < -0.4 is 0 Å². The number of aldehydes is 2. The van der Waals surface area contributed by atoms with Gasteiger partial charge in [-0.25, -0.2) is 0 Å². The molecule has 1 N–H and O–H groups in total. The number of allylic oxidation sites excluding steroid dienone is 1. The third-order valence-electron chi connectivity index (χ3n) is 4.32. The van der Waals surface area contributed by atoms with Gasteiger partial charge in [0.1, 0.15) is 11.9 Å². The van der Waals surface area contributed by atoms with E-state index in [1.165, 1.54) is 0 Å². The fourth-order valence-electron chi connectivity index (χ4n) is 3.18. The molecule has 0 spiro atoms. The van der Waals surface area contributed by atoms with Crippen molar-refractivity contribution < 1.29 is 14.7 Å². The maximum atomic E-state index is 11.0. The second-order valence-electron chi connectivity index (χ2n) is 5.41. The summed E-state index contributed by atoms with van der Waals surface area (Å²) in [5.41, 5.74) is -1.30. The highest BCUT2D eigenvalue weighted by molar-refractivity contribution is 5.87. The average molecular weight is 222 g/mol. The number of carbonyl (C=O) groups is 2. The van der Waals surface area contributed by atoms with Gasteiger partial charge in [0.05, 0.1) is 0 Å². The minimum absolute atomic E-state index is 0.0102. The first-order valence-corrected chi connectivity index (χ1v) is 5.91. The molecule has 2 aliphatic carbocycles. The van der Waals surface area contributed by atoms with Crippen molar-refractivity contribution in [3.05, 3.63) is 11.6 Å². The largest absolute Gasteiger partial charge is 0.377 e. The molecule has 0 bridgehead atoms. The number of hydrogen-bond donors (Lipinski definition) is 1. The molecule has 3 heteroatoms. The molecule has 16 heavy (non-hydrogen) atoms. The third kappa shape index (κ3) is 1.63. The van der Waals surface area contributed by atoms with Crippen molar-refractivity contribution in [1.29, 1.82) is 0 Å². The smallest absolute Gasteiger partial charge is 0.156 e. The first-order valence-electron chi connectivity index (χ1n) is 5.91. The van der Waals surface area contributed by atoms with Crippen molar-refractivity contribution in [2.24, 2.45) is 11.3 Å². The Kier molecular flexibility index (Phi) is 2.74. The molecule has 2 aliphatic rings. The second-order valence-corrected chi connectivity index (χ2v) is 5.41. The summed E-state index contributed by atoms with van der Waals surface area (Å²) in [7, 11) is 0. The average Bonchev–Trinajstić information content (AvgIpc) is 2.29. The first kappa shape index (κ1) is 11.5. The molecule has 0 heterocycles. The van der Waals surface area contributed by atoms with Crippen LogP contribution in [0, 0.1) is 11.3 Å². The molecule has 0 radical (unpaired) electrons. The minimum atomic E-state index is -1.54. The van der Waals surface area contributed by atoms with E-state index in [0.29, 0.717) is 24.9 Å². The Labute approximate surface area is 95.5 Å². The molecule has 1 saturated carbocycles. The lowest BCUT2D eigenvalue weighted by atomic mass is 9.59. The van der Waals surface area contributed by atoms with E-state index in [-0.39, 0.29) is 11.0 Å². The van der Waals surface area contributed by atoms with Crippen molar-refractivity contribution in [3.8, 4) is 0 Å². The summed E-state index contributed by atoms with van der Waals surface area (Å²) in [6.45, 7) is 2.13. The monoisotopic (exact) mass is 222 g/mol. The van der Waals surface area contributed by atoms with Gasteiger partial charge in [-0.15, -0.1) is 0 Å². The van der Waals surface area contributed by atoms with Crippen LogP contribution in [0.2, 0.25) is 0 Å². The lowest BCUT2D eigenvalue weighted by molar-refractivity contribution is -0.127. The van der Waals surface area contributed by atoms with Crippen LogP contribution in [-0.2, 0) is 9.59 Å². The molecule has 0 amide bonds. The molecule has 0 aromatic rings. The molecule has 0 aromatic carbocycles. The molecule has 3 nitrogen and oxygen atoms in total. The van der Waals surface area contributed by atoms with Crippen molar-refractivity contribution >= 4 is 12.6 Å². The Morgan fingerprint density at radius 1 is 1.44 bits per heavy atom. The molecular weight excluding hydrogens is 204 g/mol. The Hall–Kier alpha value is -0.960. The lowest BCUT2D eigenvalue weighted by Crippen LogP contribution is -2.46. The van der Waals surface area contributed by atoms with Gasteiger partial charge in [-0.3, -0.25) is 9.59 Å². The Balaban J connectivity index is 2.42. The number of fused-ring (bicyclic) bond motifs is 1. The van der Waals surface area contributed by atoms with E-state index < -0.39 is 5.60 Å². The highest BCUT2D eigenvalue weighted by Crippen LogP contribution is 2.50. The van der Waals surface area contributed by atoms with Crippen molar-refractivity contribution in [3.63, 3.8) is 0 Å². The van der Waals surface area contributed by atoms with E-state index in [1.807, 2.05) is 6.08 Å². The summed E-state index contributed by atoms with van der Waals surface area (Å²) in [4.78, 5) is 21.9. The molecule has 0 aliphatic heterocycles. The zero-order valence-corrected chi connectivity index (χ0v) is 9.61. The van der Waals surface area contributed by atoms with Gasteiger partial charge in [-0.05, 0) is 30.6 Å². The topological polar surface area (TPSA) is 54.4 Å². The van der Waals surface area contributed by atoms with Gasteiger partial charge >= 0.3 is 0 Å². The zero-order chi connectivity index (χ0) is 11.8. The SMILES string of the molecule is C[C@]12C=C(C=O)[C@@](O)(C=O)C[C@@H]1CCCC2. The van der Waals surface area contributed by atoms with Crippen LogP contribution in [0.15, 0.2) is 11.6 Å². The fourth-order valence-corrected chi connectivity index (χ4v) is 3.18. The van der Waals surface area contributed by atoms with Crippen LogP contribution in [0.4, 0.5) is 0 Å². The highest BCUT2D eigenvalue weighted by Gasteiger charge is 2.47. The molecule has 2 rings (SSSR count). The number of carbonyl (C=O) groups excluding carboxylic acids is 2. The van der Waals surface area contributed by atoms with Gasteiger partial charge in [0.2, 0.25) is 0 Å². The van der Waals surface area contributed by atoms with Crippen LogP contribution >= 0.6 is 0 Å². The van der Waals surface area contributed by atoms with Crippen molar-refractivity contribution in [2.45, 2.75) is 44.6 Å². The molecule has 0 saturated heterocycles. The van der Waals surface area contributed by atoms with E-state index in [9.17, 15) is 14.7 Å². The number of rotatable bonds is 2. The predicted molar refractivity (Wildman–Crippen MR) is 59.8 cm³/mol. The third-order valence-corrected chi connectivity index (χ3v) is 4.32. The van der Waals surface area contributed by atoms with E-state index >= 15 is 0 Å². The van der Waals surface area contributed by atoms with Crippen LogP contribution in [0.25, 0.3) is 0 Å². The predicted octanol–water partition coefficient (Wildman–Crippen LogP) is 1.64. The number of hydrogen-bond acceptors (Lipinski definition) is 3. The molecule has 0 unspecified atom stereocenters. The van der Waals surface area contributed by atoms with E-state index in [4.69, 9.17) is 0 Å². The standard InChI is InChI=1S/C13H18O3/c1-12-5-3-2-4-10(12)7-13(16,9-15)11(6-12)8-14/h6,8-10,16H,2-5,7H2,1H3/t10-,12-,13-/m0/s1. The van der Waals surface area contributed by atoms with Crippen LogP contribution in [0.5, 0.6) is 0 Å². The maximum absolute atomic E-state index is 11.0. The summed E-state index contributed by atoms with van der Waals surface area (Å²) in [6.07, 6.45) is 7.78. The van der Waals surface area contributed by atoms with Crippen LogP contribution in [0.3, 0.4) is 0 Å². The maximum Gasteiger partial charge on any atom is 0.156 e. The Bertz CT molecular complexity index is 347. The number of aliphatic hydroxyl groups is 1. The van der Waals surface area contributed by atoms with Gasteiger partial charge in [-0.2, -0.15) is 0 Å². The van der Waals surface area contributed by atoms with E-state index in [1.54, 1.807) is 0 Å². The first-order chi connectivity index (χ1) is 7.54. The van der Waals surface area contributed by atoms with Crippen LogP contribution in [-0.4, -0.2) is 23.3 Å². The molecule has 0 aromatic heterocycles. The zero-order valence-electron chi connectivity index (χ0n) is 9.61. The summed E-state index contributed by atoms with van der Waals surface area (Å²) < 4.78 is 0. The molecule has 1 fully saturated rings. The van der Waals surface area contributed by atoms with E-state index in [0.717, 1.165) is 25.7 Å². The highest BCUT2D eigenvalue weighted by atomic mass is 16.3. The summed E-state index contributed by atoms with van der Waals surface area (Å²) in [5, 5.41) is 10.1. The summed E-state index contributed by atoms with van der Waals surface area (Å²) in [6, 6.07) is 0. The molecule has 88 valence electrons. The molecule has 3 atom stereocenters. The van der Waals surface area contributed by atoms with Crippen molar-refractivity contribution in [2.75, 3.05) is 0 Å². The van der Waals surface area contributed by atoms with E-state index in [2.05, 4.69) is 6.92 Å². The second kappa shape index (κ2) is 3.81. The quantitative estimate of drug-likeness (QED) is 0.723. The van der Waals surface area contributed by atoms with Crippen LogP contribution in [0.1, 0.15) is 39.0 Å². The van der Waals surface area contributed by atoms with Gasteiger partial charge in [0.25, 0.3) is 0 Å². The fraction of sp³-hybridized carbons (Fsp3) is 0.692. The van der Waals surface area contributed by atoms with Gasteiger partial charge < -0.3 is 5.11 Å². The summed E-state index contributed by atoms with van der Waals surface area (Å²) in [5.74, 6) is 0.320. The molecular formula is C13H18O3.